The van der Waals surface area contributed by atoms with Gasteiger partial charge in [0.05, 0.1) is 12.5 Å². The number of para-hydroxylation sites is 1. The monoisotopic (exact) mass is 285 g/mol. The Balaban J connectivity index is 1.83. The predicted molar refractivity (Wildman–Crippen MR) is 69.5 cm³/mol. The number of hydrogen-bond donors (Lipinski definition) is 1. The first-order valence-corrected chi connectivity index (χ1v) is 7.01. The van der Waals surface area contributed by atoms with E-state index in [-0.39, 0.29) is 12.8 Å². The van der Waals surface area contributed by atoms with E-state index in [9.17, 15) is 13.2 Å². The lowest BCUT2D eigenvalue weighted by Gasteiger charge is -2.38. The average molecular weight is 285 g/mol. The zero-order chi connectivity index (χ0) is 14.4. The van der Waals surface area contributed by atoms with Gasteiger partial charge in [0.1, 0.15) is 5.75 Å². The van der Waals surface area contributed by atoms with E-state index in [2.05, 4.69) is 0 Å². The Labute approximate surface area is 116 Å². The fourth-order valence-corrected chi connectivity index (χ4v) is 3.34. The van der Waals surface area contributed by atoms with Crippen LogP contribution in [-0.2, 0) is 12.0 Å². The molecule has 1 aliphatic carbocycles. The number of halogens is 3. The first kappa shape index (κ1) is 13.7. The first-order valence-electron chi connectivity index (χ1n) is 7.01. The number of alkyl halides is 3. The molecule has 2 aliphatic rings. The van der Waals surface area contributed by atoms with Crippen LogP contribution in [0.5, 0.6) is 5.75 Å². The molecule has 3 rings (SSSR count). The highest BCUT2D eigenvalue weighted by Gasteiger charge is 2.46. The molecule has 0 radical (unpaired) electrons. The van der Waals surface area contributed by atoms with Crippen molar-refractivity contribution < 1.29 is 17.9 Å². The number of benzene rings is 1. The van der Waals surface area contributed by atoms with Crippen molar-refractivity contribution in [2.45, 2.75) is 43.8 Å². The van der Waals surface area contributed by atoms with Crippen molar-refractivity contribution in [3.63, 3.8) is 0 Å². The molecule has 0 saturated heterocycles. The Hall–Kier alpha value is -1.23. The molecule has 1 saturated carbocycles. The summed E-state index contributed by atoms with van der Waals surface area (Å²) in [6, 6.07) is 5.82. The molecule has 0 atom stereocenters. The summed E-state index contributed by atoms with van der Waals surface area (Å²) in [6.07, 6.45) is -2.33. The van der Waals surface area contributed by atoms with E-state index in [1.807, 2.05) is 18.2 Å². The van der Waals surface area contributed by atoms with Crippen molar-refractivity contribution in [2.75, 3.05) is 6.61 Å². The summed E-state index contributed by atoms with van der Waals surface area (Å²) in [6.45, 7) is 0.633. The van der Waals surface area contributed by atoms with Crippen LogP contribution in [0.4, 0.5) is 13.2 Å². The van der Waals surface area contributed by atoms with Crippen LogP contribution in [0.2, 0.25) is 0 Å². The van der Waals surface area contributed by atoms with Gasteiger partial charge in [0.15, 0.2) is 0 Å². The Morgan fingerprint density at radius 3 is 2.55 bits per heavy atom. The molecule has 1 aromatic carbocycles. The van der Waals surface area contributed by atoms with Gasteiger partial charge >= 0.3 is 6.18 Å². The topological polar surface area (TPSA) is 35.2 Å². The van der Waals surface area contributed by atoms with Gasteiger partial charge in [-0.05, 0) is 31.2 Å². The number of fused-ring (bicyclic) bond motifs is 1. The highest BCUT2D eigenvalue weighted by atomic mass is 19.4. The normalized spacial score (nSPS) is 29.9. The van der Waals surface area contributed by atoms with Crippen LogP contribution in [0.3, 0.4) is 0 Å². The lowest BCUT2D eigenvalue weighted by atomic mass is 9.72. The van der Waals surface area contributed by atoms with Gasteiger partial charge in [-0.2, -0.15) is 13.2 Å². The van der Waals surface area contributed by atoms with Crippen molar-refractivity contribution in [1.82, 2.24) is 0 Å². The SMILES string of the molecule is NC1(c2cccc3c2OCC3)CCC(C(F)(F)F)CC1. The fourth-order valence-electron chi connectivity index (χ4n) is 3.34. The minimum atomic E-state index is -4.10. The van der Waals surface area contributed by atoms with Crippen molar-refractivity contribution in [3.05, 3.63) is 29.3 Å². The molecule has 0 amide bonds. The maximum absolute atomic E-state index is 12.7. The third-order valence-corrected chi connectivity index (χ3v) is 4.59. The maximum Gasteiger partial charge on any atom is 0.391 e. The van der Waals surface area contributed by atoms with Gasteiger partial charge in [-0.15, -0.1) is 0 Å². The highest BCUT2D eigenvalue weighted by Crippen LogP contribution is 2.47. The van der Waals surface area contributed by atoms with Crippen LogP contribution in [0.1, 0.15) is 36.8 Å². The standard InChI is InChI=1S/C15H18F3NO/c16-15(17,18)11-4-7-14(19,8-5-11)12-3-1-2-10-6-9-20-13(10)12/h1-3,11H,4-9,19H2. The lowest BCUT2D eigenvalue weighted by Crippen LogP contribution is -2.43. The van der Waals surface area contributed by atoms with Gasteiger partial charge < -0.3 is 10.5 Å². The Morgan fingerprint density at radius 2 is 1.90 bits per heavy atom. The van der Waals surface area contributed by atoms with Crippen molar-refractivity contribution in [3.8, 4) is 5.75 Å². The number of ether oxygens (including phenoxy) is 1. The molecule has 0 bridgehead atoms. The van der Waals surface area contributed by atoms with Crippen LogP contribution in [0, 0.1) is 5.92 Å². The van der Waals surface area contributed by atoms with Gasteiger partial charge in [0.2, 0.25) is 0 Å². The molecule has 20 heavy (non-hydrogen) atoms. The van der Waals surface area contributed by atoms with Crippen LogP contribution in [0.25, 0.3) is 0 Å². The molecule has 0 spiro atoms. The lowest BCUT2D eigenvalue weighted by molar-refractivity contribution is -0.184. The third-order valence-electron chi connectivity index (χ3n) is 4.59. The first-order chi connectivity index (χ1) is 9.40. The zero-order valence-corrected chi connectivity index (χ0v) is 11.2. The van der Waals surface area contributed by atoms with Crippen molar-refractivity contribution >= 4 is 0 Å². The average Bonchev–Trinajstić information content (AvgIpc) is 2.86. The quantitative estimate of drug-likeness (QED) is 0.856. The van der Waals surface area contributed by atoms with Crippen molar-refractivity contribution in [2.24, 2.45) is 11.7 Å². The predicted octanol–water partition coefficient (Wildman–Crippen LogP) is 3.53. The molecule has 110 valence electrons. The molecule has 2 N–H and O–H groups in total. The summed E-state index contributed by atoms with van der Waals surface area (Å²) >= 11 is 0. The Bertz CT molecular complexity index is 504. The van der Waals surface area contributed by atoms with E-state index in [1.54, 1.807) is 0 Å². The summed E-state index contributed by atoms with van der Waals surface area (Å²) < 4.78 is 43.9. The van der Waals surface area contributed by atoms with Crippen LogP contribution in [-0.4, -0.2) is 12.8 Å². The van der Waals surface area contributed by atoms with Crippen molar-refractivity contribution in [1.29, 1.82) is 0 Å². The molecular formula is C15H18F3NO. The van der Waals surface area contributed by atoms with Gasteiger partial charge in [0.25, 0.3) is 0 Å². The minimum absolute atomic E-state index is 0.101. The molecule has 1 fully saturated rings. The third kappa shape index (κ3) is 2.28. The maximum atomic E-state index is 12.7. The summed E-state index contributed by atoms with van der Waals surface area (Å²) in [7, 11) is 0. The minimum Gasteiger partial charge on any atom is -0.493 e. The second kappa shape index (κ2) is 4.65. The summed E-state index contributed by atoms with van der Waals surface area (Å²) in [5, 5.41) is 0. The van der Waals surface area contributed by atoms with Crippen LogP contribution >= 0.6 is 0 Å². The van der Waals surface area contributed by atoms with E-state index < -0.39 is 17.6 Å². The van der Waals surface area contributed by atoms with Gasteiger partial charge in [0, 0.05) is 17.5 Å². The molecule has 0 unspecified atom stereocenters. The van der Waals surface area contributed by atoms with Gasteiger partial charge in [-0.1, -0.05) is 18.2 Å². The van der Waals surface area contributed by atoms with E-state index in [4.69, 9.17) is 10.5 Å². The van der Waals surface area contributed by atoms with E-state index in [0.29, 0.717) is 19.4 Å². The second-order valence-electron chi connectivity index (χ2n) is 5.86. The van der Waals surface area contributed by atoms with Crippen LogP contribution < -0.4 is 10.5 Å². The molecule has 1 heterocycles. The summed E-state index contributed by atoms with van der Waals surface area (Å²) in [5.74, 6) is -0.405. The zero-order valence-electron chi connectivity index (χ0n) is 11.2. The van der Waals surface area contributed by atoms with E-state index in [1.165, 1.54) is 0 Å². The molecule has 1 aliphatic heterocycles. The smallest absolute Gasteiger partial charge is 0.391 e. The Kier molecular flexibility index (Phi) is 3.20. The number of hydrogen-bond acceptors (Lipinski definition) is 2. The Morgan fingerprint density at radius 1 is 1.20 bits per heavy atom. The largest absolute Gasteiger partial charge is 0.493 e. The second-order valence-corrected chi connectivity index (χ2v) is 5.86. The molecular weight excluding hydrogens is 267 g/mol. The molecule has 2 nitrogen and oxygen atoms in total. The van der Waals surface area contributed by atoms with Gasteiger partial charge in [-0.3, -0.25) is 0 Å². The fraction of sp³-hybridized carbons (Fsp3) is 0.600. The number of rotatable bonds is 1. The molecule has 1 aromatic rings. The van der Waals surface area contributed by atoms with E-state index in [0.717, 1.165) is 23.3 Å². The summed E-state index contributed by atoms with van der Waals surface area (Å²) in [5.41, 5.74) is 7.73. The molecule has 0 aromatic heterocycles. The highest BCUT2D eigenvalue weighted by molar-refractivity contribution is 5.47. The van der Waals surface area contributed by atoms with Crippen LogP contribution in [0.15, 0.2) is 18.2 Å². The molecule has 5 heteroatoms. The van der Waals surface area contributed by atoms with Gasteiger partial charge in [-0.25, -0.2) is 0 Å². The van der Waals surface area contributed by atoms with E-state index >= 15 is 0 Å². The summed E-state index contributed by atoms with van der Waals surface area (Å²) in [4.78, 5) is 0. The number of nitrogens with two attached hydrogens (primary N) is 1.